The molecule has 0 aliphatic carbocycles. The van der Waals surface area contributed by atoms with Gasteiger partial charge in [0.25, 0.3) is 0 Å². The number of nitrogens with zero attached hydrogens (tertiary/aromatic N) is 1. The molecule has 0 radical (unpaired) electrons. The zero-order chi connectivity index (χ0) is 14.5. The lowest BCUT2D eigenvalue weighted by Gasteiger charge is -2.36. The molecule has 1 aliphatic heterocycles. The highest BCUT2D eigenvalue weighted by molar-refractivity contribution is 5.93. The first kappa shape index (κ1) is 16.0. The van der Waals surface area contributed by atoms with Crippen molar-refractivity contribution in [2.75, 3.05) is 19.8 Å². The molecule has 1 fully saturated rings. The Morgan fingerprint density at radius 3 is 2.47 bits per heavy atom. The second-order valence-electron chi connectivity index (χ2n) is 5.09. The Balaban J connectivity index is 2.92. The molecule has 0 saturated carbocycles. The summed E-state index contributed by atoms with van der Waals surface area (Å²) < 4.78 is 5.40. The van der Waals surface area contributed by atoms with Crippen molar-refractivity contribution in [2.24, 2.45) is 0 Å². The Morgan fingerprint density at radius 2 is 1.95 bits per heavy atom. The van der Waals surface area contributed by atoms with E-state index in [0.717, 1.165) is 0 Å². The van der Waals surface area contributed by atoms with E-state index in [1.165, 1.54) is 0 Å². The van der Waals surface area contributed by atoms with Gasteiger partial charge in [-0.3, -0.25) is 9.59 Å². The van der Waals surface area contributed by atoms with Gasteiger partial charge in [0, 0.05) is 19.6 Å². The van der Waals surface area contributed by atoms with Crippen molar-refractivity contribution in [3.8, 4) is 0 Å². The minimum Gasteiger partial charge on any atom is -0.380 e. The van der Waals surface area contributed by atoms with Crippen LogP contribution in [0.4, 0.5) is 0 Å². The Hall–Kier alpha value is -1.10. The van der Waals surface area contributed by atoms with Crippen LogP contribution in [0.3, 0.4) is 0 Å². The van der Waals surface area contributed by atoms with Gasteiger partial charge in [0.1, 0.15) is 5.54 Å². The zero-order valence-corrected chi connectivity index (χ0v) is 12.5. The Labute approximate surface area is 115 Å². The van der Waals surface area contributed by atoms with Crippen LogP contribution in [0.2, 0.25) is 0 Å². The van der Waals surface area contributed by atoms with Gasteiger partial charge in [-0.15, -0.1) is 0 Å². The van der Waals surface area contributed by atoms with Crippen molar-refractivity contribution >= 4 is 11.8 Å². The SMILES string of the molecule is CCOCC(C)N1CCC(=O)NC(CC)(CC)C1=O. The van der Waals surface area contributed by atoms with Gasteiger partial charge in [0.15, 0.2) is 0 Å². The van der Waals surface area contributed by atoms with Gasteiger partial charge in [0.05, 0.1) is 12.6 Å². The van der Waals surface area contributed by atoms with E-state index >= 15 is 0 Å². The van der Waals surface area contributed by atoms with E-state index in [-0.39, 0.29) is 17.9 Å². The van der Waals surface area contributed by atoms with Crippen LogP contribution in [-0.4, -0.2) is 48.1 Å². The third-order valence-electron chi connectivity index (χ3n) is 3.93. The molecule has 1 rings (SSSR count). The number of carbonyl (C=O) groups is 2. The fraction of sp³-hybridized carbons (Fsp3) is 0.857. The summed E-state index contributed by atoms with van der Waals surface area (Å²) in [6, 6.07) is -0.00220. The average Bonchev–Trinajstić information content (AvgIpc) is 2.54. The molecule has 2 amide bonds. The quantitative estimate of drug-likeness (QED) is 0.792. The molecule has 5 nitrogen and oxygen atoms in total. The molecule has 1 heterocycles. The third-order valence-corrected chi connectivity index (χ3v) is 3.93. The first-order valence-corrected chi connectivity index (χ1v) is 7.20. The molecule has 110 valence electrons. The fourth-order valence-corrected chi connectivity index (χ4v) is 2.51. The van der Waals surface area contributed by atoms with Gasteiger partial charge >= 0.3 is 0 Å². The highest BCUT2D eigenvalue weighted by Crippen LogP contribution is 2.23. The topological polar surface area (TPSA) is 58.6 Å². The number of hydrogen-bond donors (Lipinski definition) is 1. The number of amides is 2. The van der Waals surface area contributed by atoms with Crippen LogP contribution in [0.15, 0.2) is 0 Å². The summed E-state index contributed by atoms with van der Waals surface area (Å²) in [5.41, 5.74) is -0.742. The van der Waals surface area contributed by atoms with Crippen LogP contribution in [0.5, 0.6) is 0 Å². The van der Waals surface area contributed by atoms with Gasteiger partial charge in [-0.2, -0.15) is 0 Å². The molecule has 0 bridgehead atoms. The highest BCUT2D eigenvalue weighted by atomic mass is 16.5. The largest absolute Gasteiger partial charge is 0.380 e. The lowest BCUT2D eigenvalue weighted by molar-refractivity contribution is -0.142. The van der Waals surface area contributed by atoms with Crippen LogP contribution in [0.1, 0.15) is 47.0 Å². The van der Waals surface area contributed by atoms with Gasteiger partial charge in [-0.25, -0.2) is 0 Å². The molecule has 5 heteroatoms. The number of carbonyl (C=O) groups excluding carboxylic acids is 2. The predicted molar refractivity (Wildman–Crippen MR) is 73.7 cm³/mol. The van der Waals surface area contributed by atoms with Crippen molar-refractivity contribution in [3.63, 3.8) is 0 Å². The molecule has 0 aromatic carbocycles. The summed E-state index contributed by atoms with van der Waals surface area (Å²) in [5.74, 6) is -0.0151. The summed E-state index contributed by atoms with van der Waals surface area (Å²) in [5, 5.41) is 2.91. The van der Waals surface area contributed by atoms with E-state index in [1.54, 1.807) is 4.90 Å². The second-order valence-corrected chi connectivity index (χ2v) is 5.09. The fourth-order valence-electron chi connectivity index (χ4n) is 2.51. The molecule has 1 aliphatic rings. The van der Waals surface area contributed by atoms with Crippen LogP contribution in [0.25, 0.3) is 0 Å². The predicted octanol–water partition coefficient (Wildman–Crippen LogP) is 1.32. The number of nitrogens with one attached hydrogen (secondary N) is 1. The zero-order valence-electron chi connectivity index (χ0n) is 12.5. The monoisotopic (exact) mass is 270 g/mol. The Kier molecular flexibility index (Phi) is 5.79. The molecule has 0 aromatic heterocycles. The molecular formula is C14H26N2O3. The summed E-state index contributed by atoms with van der Waals surface area (Å²) >= 11 is 0. The lowest BCUT2D eigenvalue weighted by atomic mass is 9.91. The van der Waals surface area contributed by atoms with E-state index in [4.69, 9.17) is 4.74 Å². The molecule has 1 N–H and O–H groups in total. The summed E-state index contributed by atoms with van der Waals surface area (Å²) in [6.45, 7) is 9.41. The summed E-state index contributed by atoms with van der Waals surface area (Å²) in [6.07, 6.45) is 1.60. The van der Waals surface area contributed by atoms with E-state index in [0.29, 0.717) is 39.0 Å². The molecule has 0 aromatic rings. The molecular weight excluding hydrogens is 244 g/mol. The van der Waals surface area contributed by atoms with Gasteiger partial charge in [0.2, 0.25) is 11.8 Å². The van der Waals surface area contributed by atoms with Crippen LogP contribution in [-0.2, 0) is 14.3 Å². The van der Waals surface area contributed by atoms with Crippen LogP contribution >= 0.6 is 0 Å². The smallest absolute Gasteiger partial charge is 0.248 e. The number of ether oxygens (including phenoxy) is 1. The molecule has 1 saturated heterocycles. The maximum Gasteiger partial charge on any atom is 0.248 e. The molecule has 19 heavy (non-hydrogen) atoms. The number of rotatable bonds is 6. The normalized spacial score (nSPS) is 20.9. The van der Waals surface area contributed by atoms with Crippen molar-refractivity contribution in [1.82, 2.24) is 10.2 Å². The van der Waals surface area contributed by atoms with E-state index in [2.05, 4.69) is 5.32 Å². The Bertz CT molecular complexity index is 327. The molecule has 0 spiro atoms. The second kappa shape index (κ2) is 6.89. The van der Waals surface area contributed by atoms with Gasteiger partial charge in [-0.1, -0.05) is 13.8 Å². The average molecular weight is 270 g/mol. The van der Waals surface area contributed by atoms with Crippen LogP contribution in [0, 0.1) is 0 Å². The highest BCUT2D eigenvalue weighted by Gasteiger charge is 2.42. The minimum atomic E-state index is -0.742. The van der Waals surface area contributed by atoms with Crippen molar-refractivity contribution in [1.29, 1.82) is 0 Å². The lowest BCUT2D eigenvalue weighted by Crippen LogP contribution is -2.58. The maximum atomic E-state index is 12.7. The first-order chi connectivity index (χ1) is 9.00. The van der Waals surface area contributed by atoms with Crippen molar-refractivity contribution in [2.45, 2.75) is 58.5 Å². The maximum absolute atomic E-state index is 12.7. The standard InChI is InChI=1S/C14H26N2O3/c1-5-14(6-2)13(18)16(9-8-12(17)15-14)11(4)10-19-7-3/h11H,5-10H2,1-4H3,(H,15,17). The van der Waals surface area contributed by atoms with E-state index in [9.17, 15) is 9.59 Å². The number of hydrogen-bond acceptors (Lipinski definition) is 3. The molecule has 1 unspecified atom stereocenters. The summed E-state index contributed by atoms with van der Waals surface area (Å²) in [7, 11) is 0. The van der Waals surface area contributed by atoms with Gasteiger partial charge in [-0.05, 0) is 26.7 Å². The van der Waals surface area contributed by atoms with E-state index < -0.39 is 5.54 Å². The Morgan fingerprint density at radius 1 is 1.32 bits per heavy atom. The van der Waals surface area contributed by atoms with E-state index in [1.807, 2.05) is 27.7 Å². The summed E-state index contributed by atoms with van der Waals surface area (Å²) in [4.78, 5) is 26.4. The van der Waals surface area contributed by atoms with Gasteiger partial charge < -0.3 is 15.0 Å². The van der Waals surface area contributed by atoms with Crippen molar-refractivity contribution in [3.05, 3.63) is 0 Å². The third kappa shape index (κ3) is 3.47. The minimum absolute atomic E-state index is 0.00220. The first-order valence-electron chi connectivity index (χ1n) is 7.20. The van der Waals surface area contributed by atoms with Crippen LogP contribution < -0.4 is 5.32 Å². The van der Waals surface area contributed by atoms with Crippen molar-refractivity contribution < 1.29 is 14.3 Å². The molecule has 1 atom stereocenters.